The monoisotopic (exact) mass is 320 g/mol. The molecular formula is C17H24N2O4. The molecule has 23 heavy (non-hydrogen) atoms. The smallest absolute Gasteiger partial charge is 0.273 e. The largest absolute Gasteiger partial charge is 0.506 e. The summed E-state index contributed by atoms with van der Waals surface area (Å²) >= 11 is 0. The Morgan fingerprint density at radius 3 is 2.48 bits per heavy atom. The van der Waals surface area contributed by atoms with Crippen molar-refractivity contribution in [3.63, 3.8) is 0 Å². The maximum Gasteiger partial charge on any atom is 0.273 e. The summed E-state index contributed by atoms with van der Waals surface area (Å²) in [5, 5.41) is 22.8. The van der Waals surface area contributed by atoms with Crippen LogP contribution in [-0.4, -0.2) is 15.9 Å². The molecule has 0 aliphatic carbocycles. The molecule has 0 spiro atoms. The van der Waals surface area contributed by atoms with Crippen LogP contribution >= 0.6 is 0 Å². The first-order valence-corrected chi connectivity index (χ1v) is 7.92. The zero-order chi connectivity index (χ0) is 17.1. The molecule has 6 nitrogen and oxygen atoms in total. The number of non-ortho nitro benzene ring substituents is 1. The number of phenols is 1. The summed E-state index contributed by atoms with van der Waals surface area (Å²) < 4.78 is 0. The second kappa shape index (κ2) is 10.4. The van der Waals surface area contributed by atoms with Gasteiger partial charge in [0.15, 0.2) is 0 Å². The summed E-state index contributed by atoms with van der Waals surface area (Å²) in [5.41, 5.74) is -0.0121. The molecule has 0 saturated heterocycles. The highest BCUT2D eigenvalue weighted by molar-refractivity contribution is 5.92. The van der Waals surface area contributed by atoms with E-state index in [-0.39, 0.29) is 23.0 Å². The number of phenolic OH excluding ortho intramolecular Hbond substituents is 1. The van der Waals surface area contributed by atoms with Crippen LogP contribution in [0.2, 0.25) is 0 Å². The van der Waals surface area contributed by atoms with Gasteiger partial charge in [-0.1, -0.05) is 31.8 Å². The van der Waals surface area contributed by atoms with Crippen molar-refractivity contribution in [2.75, 3.05) is 5.32 Å². The first kappa shape index (κ1) is 18.7. The number of hydrogen-bond donors (Lipinski definition) is 2. The van der Waals surface area contributed by atoms with E-state index in [1.807, 2.05) is 6.08 Å². The minimum absolute atomic E-state index is 0.194. The minimum atomic E-state index is -0.597. The van der Waals surface area contributed by atoms with Crippen LogP contribution in [-0.2, 0) is 4.79 Å². The van der Waals surface area contributed by atoms with Crippen LogP contribution in [0, 0.1) is 10.1 Å². The highest BCUT2D eigenvalue weighted by atomic mass is 16.6. The standard InChI is InChI=1S/C17H24N2O4/c1-2-3-4-5-6-7-8-9-10-17(21)18-15-12-11-14(19(22)23)13-16(15)20/h2,11-13,20H,1,3-10H2,(H,18,21). The lowest BCUT2D eigenvalue weighted by Crippen LogP contribution is -2.11. The summed E-state index contributed by atoms with van der Waals surface area (Å²) in [5.74, 6) is -0.490. The minimum Gasteiger partial charge on any atom is -0.506 e. The number of unbranched alkanes of at least 4 members (excludes halogenated alkanes) is 6. The molecule has 1 amide bonds. The third-order valence-corrected chi connectivity index (χ3v) is 3.53. The quantitative estimate of drug-likeness (QED) is 0.206. The summed E-state index contributed by atoms with van der Waals surface area (Å²) in [7, 11) is 0. The number of benzene rings is 1. The lowest BCUT2D eigenvalue weighted by molar-refractivity contribution is -0.384. The Hall–Kier alpha value is -2.37. The topological polar surface area (TPSA) is 92.5 Å². The van der Waals surface area contributed by atoms with Crippen LogP contribution in [0.5, 0.6) is 5.75 Å². The Morgan fingerprint density at radius 1 is 1.22 bits per heavy atom. The second-order valence-electron chi connectivity index (χ2n) is 5.46. The number of nitrogens with zero attached hydrogens (tertiary/aromatic N) is 1. The lowest BCUT2D eigenvalue weighted by Gasteiger charge is -2.07. The van der Waals surface area contributed by atoms with Gasteiger partial charge in [-0.15, -0.1) is 6.58 Å². The Morgan fingerprint density at radius 2 is 1.87 bits per heavy atom. The van der Waals surface area contributed by atoms with Gasteiger partial charge in [-0.3, -0.25) is 14.9 Å². The fourth-order valence-corrected chi connectivity index (χ4v) is 2.23. The maximum absolute atomic E-state index is 11.8. The highest BCUT2D eigenvalue weighted by Gasteiger charge is 2.11. The van der Waals surface area contributed by atoms with Crippen LogP contribution in [0.15, 0.2) is 30.9 Å². The van der Waals surface area contributed by atoms with Crippen LogP contribution in [0.25, 0.3) is 0 Å². The van der Waals surface area contributed by atoms with Crippen molar-refractivity contribution in [3.8, 4) is 5.75 Å². The highest BCUT2D eigenvalue weighted by Crippen LogP contribution is 2.28. The van der Waals surface area contributed by atoms with E-state index in [0.717, 1.165) is 31.7 Å². The van der Waals surface area contributed by atoms with Crippen molar-refractivity contribution in [2.24, 2.45) is 0 Å². The summed E-state index contributed by atoms with van der Waals surface area (Å²) in [6.07, 6.45) is 9.78. The number of rotatable bonds is 11. The predicted molar refractivity (Wildman–Crippen MR) is 90.5 cm³/mol. The average molecular weight is 320 g/mol. The molecular weight excluding hydrogens is 296 g/mol. The Bertz CT molecular complexity index is 543. The van der Waals surface area contributed by atoms with Crippen molar-refractivity contribution >= 4 is 17.3 Å². The molecule has 0 aliphatic rings. The van der Waals surface area contributed by atoms with Gasteiger partial charge < -0.3 is 10.4 Å². The molecule has 0 saturated carbocycles. The number of nitro groups is 1. The van der Waals surface area contributed by atoms with E-state index in [0.29, 0.717) is 6.42 Å². The van der Waals surface area contributed by atoms with E-state index in [1.165, 1.54) is 31.4 Å². The number of carbonyl (C=O) groups excluding carboxylic acids is 1. The number of aromatic hydroxyl groups is 1. The molecule has 6 heteroatoms. The molecule has 2 N–H and O–H groups in total. The summed E-state index contributed by atoms with van der Waals surface area (Å²) in [4.78, 5) is 21.8. The Kier molecular flexibility index (Phi) is 8.42. The van der Waals surface area contributed by atoms with E-state index in [4.69, 9.17) is 0 Å². The van der Waals surface area contributed by atoms with E-state index >= 15 is 0 Å². The van der Waals surface area contributed by atoms with E-state index in [1.54, 1.807) is 0 Å². The van der Waals surface area contributed by atoms with Gasteiger partial charge in [0.2, 0.25) is 5.91 Å². The van der Waals surface area contributed by atoms with Crippen molar-refractivity contribution in [3.05, 3.63) is 41.0 Å². The van der Waals surface area contributed by atoms with Crippen molar-refractivity contribution in [2.45, 2.75) is 51.4 Å². The van der Waals surface area contributed by atoms with Crippen LogP contribution in [0.3, 0.4) is 0 Å². The molecule has 126 valence electrons. The third kappa shape index (κ3) is 7.44. The van der Waals surface area contributed by atoms with E-state index in [2.05, 4.69) is 11.9 Å². The van der Waals surface area contributed by atoms with E-state index < -0.39 is 4.92 Å². The number of allylic oxidation sites excluding steroid dienone is 1. The van der Waals surface area contributed by atoms with Gasteiger partial charge >= 0.3 is 0 Å². The number of amides is 1. The van der Waals surface area contributed by atoms with Gasteiger partial charge in [0, 0.05) is 12.5 Å². The van der Waals surface area contributed by atoms with Crippen LogP contribution in [0.4, 0.5) is 11.4 Å². The van der Waals surface area contributed by atoms with Crippen molar-refractivity contribution in [1.82, 2.24) is 0 Å². The molecule has 0 atom stereocenters. The van der Waals surface area contributed by atoms with Gasteiger partial charge in [0.25, 0.3) is 5.69 Å². The Balaban J connectivity index is 2.24. The van der Waals surface area contributed by atoms with Crippen LogP contribution in [0.1, 0.15) is 51.4 Å². The van der Waals surface area contributed by atoms with Crippen molar-refractivity contribution < 1.29 is 14.8 Å². The molecule has 0 fully saturated rings. The summed E-state index contributed by atoms with van der Waals surface area (Å²) in [6.45, 7) is 3.69. The molecule has 0 aliphatic heterocycles. The fourth-order valence-electron chi connectivity index (χ4n) is 2.23. The fraction of sp³-hybridized carbons (Fsp3) is 0.471. The predicted octanol–water partition coefficient (Wildman–Crippen LogP) is 4.55. The number of anilines is 1. The Labute approximate surface area is 136 Å². The SMILES string of the molecule is C=CCCCCCCCCC(=O)Nc1ccc([N+](=O)[O-])cc1O. The van der Waals surface area contributed by atoms with E-state index in [9.17, 15) is 20.0 Å². The molecule has 0 heterocycles. The molecule has 1 aromatic rings. The normalized spacial score (nSPS) is 10.3. The molecule has 1 aromatic carbocycles. The molecule has 1 rings (SSSR count). The summed E-state index contributed by atoms with van der Waals surface area (Å²) in [6, 6.07) is 3.61. The molecule has 0 bridgehead atoms. The first-order chi connectivity index (χ1) is 11.0. The third-order valence-electron chi connectivity index (χ3n) is 3.53. The number of hydrogen-bond acceptors (Lipinski definition) is 4. The zero-order valence-electron chi connectivity index (χ0n) is 13.3. The van der Waals surface area contributed by atoms with Gasteiger partial charge in [-0.2, -0.15) is 0 Å². The van der Waals surface area contributed by atoms with Crippen molar-refractivity contribution in [1.29, 1.82) is 0 Å². The second-order valence-corrected chi connectivity index (χ2v) is 5.46. The number of nitrogens with one attached hydrogen (secondary N) is 1. The lowest BCUT2D eigenvalue weighted by atomic mass is 10.1. The van der Waals surface area contributed by atoms with Crippen LogP contribution < -0.4 is 5.32 Å². The maximum atomic E-state index is 11.8. The zero-order valence-corrected chi connectivity index (χ0v) is 13.3. The molecule has 0 aromatic heterocycles. The molecule has 0 radical (unpaired) electrons. The van der Waals surface area contributed by atoms with Gasteiger partial charge in [0.1, 0.15) is 5.75 Å². The number of nitro benzene ring substituents is 1. The van der Waals surface area contributed by atoms with Gasteiger partial charge in [-0.25, -0.2) is 0 Å². The number of carbonyl (C=O) groups is 1. The van der Waals surface area contributed by atoms with Gasteiger partial charge in [-0.05, 0) is 25.3 Å². The first-order valence-electron chi connectivity index (χ1n) is 7.92. The average Bonchev–Trinajstić information content (AvgIpc) is 2.51. The molecule has 0 unspecified atom stereocenters. The van der Waals surface area contributed by atoms with Gasteiger partial charge in [0.05, 0.1) is 16.7 Å².